The van der Waals surface area contributed by atoms with E-state index in [4.69, 9.17) is 14.2 Å². The van der Waals surface area contributed by atoms with Gasteiger partial charge in [0.1, 0.15) is 13.2 Å². The molecule has 0 saturated heterocycles. The maximum Gasteiger partial charge on any atom is 0.306 e. The second-order valence-corrected chi connectivity index (χ2v) is 25.2. The van der Waals surface area contributed by atoms with Gasteiger partial charge in [-0.3, -0.25) is 14.4 Å². The second kappa shape index (κ2) is 71.1. The maximum atomic E-state index is 13.0. The Morgan fingerprint density at radius 3 is 0.683 bits per heavy atom. The molecule has 0 aromatic rings. The van der Waals surface area contributed by atoms with Gasteiger partial charge in [0.25, 0.3) is 0 Å². The van der Waals surface area contributed by atoms with Crippen molar-refractivity contribution in [1.29, 1.82) is 0 Å². The zero-order valence-corrected chi connectivity index (χ0v) is 55.5. The summed E-state index contributed by atoms with van der Waals surface area (Å²) in [6, 6.07) is 0. The fourth-order valence-corrected chi connectivity index (χ4v) is 11.3. The van der Waals surface area contributed by atoms with Crippen LogP contribution >= 0.6 is 0 Å². The van der Waals surface area contributed by atoms with E-state index in [1.807, 2.05) is 0 Å². The summed E-state index contributed by atoms with van der Waals surface area (Å²) in [5, 5.41) is 0. The number of esters is 3. The SMILES string of the molecule is CCCCCCC/C=C\C/C=C\C/C=C\CCCCCCCCCCC(=O)OC(COC(=O)CCCCCCCCCCCCCCCC)COC(=O)CCCCCCCCCCCCCCCCCCCCCCCCCCCCC. The van der Waals surface area contributed by atoms with E-state index in [0.717, 1.165) is 77.0 Å². The minimum Gasteiger partial charge on any atom is -0.462 e. The lowest BCUT2D eigenvalue weighted by Crippen LogP contribution is -2.30. The molecule has 6 nitrogen and oxygen atoms in total. The molecule has 0 aromatic carbocycles. The van der Waals surface area contributed by atoms with Crippen LogP contribution in [0.5, 0.6) is 0 Å². The molecule has 0 N–H and O–H groups in total. The monoisotopic (exact) mass is 1150 g/mol. The number of hydrogen-bond acceptors (Lipinski definition) is 6. The summed E-state index contributed by atoms with van der Waals surface area (Å²) in [5.41, 5.74) is 0. The molecule has 0 saturated carbocycles. The third-order valence-electron chi connectivity index (χ3n) is 16.9. The third kappa shape index (κ3) is 68.4. The van der Waals surface area contributed by atoms with Crippen molar-refractivity contribution in [2.75, 3.05) is 13.2 Å². The van der Waals surface area contributed by atoms with Gasteiger partial charge >= 0.3 is 17.9 Å². The Hall–Kier alpha value is -2.37. The van der Waals surface area contributed by atoms with Crippen LogP contribution in [-0.4, -0.2) is 37.2 Å². The molecule has 1 atom stereocenters. The highest BCUT2D eigenvalue weighted by atomic mass is 16.6. The Bertz CT molecular complexity index is 1370. The quantitative estimate of drug-likeness (QED) is 0.0261. The van der Waals surface area contributed by atoms with Gasteiger partial charge in [0.2, 0.25) is 0 Å². The van der Waals surface area contributed by atoms with Crippen molar-refractivity contribution in [3.05, 3.63) is 36.5 Å². The van der Waals surface area contributed by atoms with Crippen LogP contribution in [0.15, 0.2) is 36.5 Å². The molecular weight excluding hydrogens is 1010 g/mol. The van der Waals surface area contributed by atoms with Crippen LogP contribution in [0.3, 0.4) is 0 Å². The zero-order chi connectivity index (χ0) is 59.2. The van der Waals surface area contributed by atoms with Gasteiger partial charge in [-0.2, -0.15) is 0 Å². The highest BCUT2D eigenvalue weighted by molar-refractivity contribution is 5.71. The Kier molecular flexibility index (Phi) is 69.1. The molecule has 0 rings (SSSR count). The number of ether oxygens (including phenoxy) is 3. The van der Waals surface area contributed by atoms with Crippen molar-refractivity contribution in [3.8, 4) is 0 Å². The van der Waals surface area contributed by atoms with Crippen LogP contribution in [0.2, 0.25) is 0 Å². The largest absolute Gasteiger partial charge is 0.462 e. The number of hydrogen-bond donors (Lipinski definition) is 0. The summed E-state index contributed by atoms with van der Waals surface area (Å²) >= 11 is 0. The van der Waals surface area contributed by atoms with Crippen LogP contribution in [0.4, 0.5) is 0 Å². The van der Waals surface area contributed by atoms with Crippen LogP contribution in [-0.2, 0) is 28.6 Å². The molecule has 82 heavy (non-hydrogen) atoms. The van der Waals surface area contributed by atoms with Crippen molar-refractivity contribution in [1.82, 2.24) is 0 Å². The molecule has 0 aromatic heterocycles. The average Bonchev–Trinajstić information content (AvgIpc) is 3.47. The maximum absolute atomic E-state index is 13.0. The topological polar surface area (TPSA) is 78.9 Å². The number of rotatable bonds is 69. The molecule has 0 fully saturated rings. The molecule has 6 heteroatoms. The number of unbranched alkanes of at least 4 members (excludes halogenated alkanes) is 52. The lowest BCUT2D eigenvalue weighted by Gasteiger charge is -2.18. The molecule has 0 amide bonds. The van der Waals surface area contributed by atoms with E-state index in [2.05, 4.69) is 57.2 Å². The van der Waals surface area contributed by atoms with E-state index in [0.29, 0.717) is 19.3 Å². The lowest BCUT2D eigenvalue weighted by atomic mass is 10.0. The predicted molar refractivity (Wildman–Crippen MR) is 358 cm³/mol. The molecule has 482 valence electrons. The molecule has 0 aliphatic heterocycles. The standard InChI is InChI=1S/C76H142O6/c1-4-7-10-13-16-19-22-25-28-30-32-34-36-37-38-39-41-42-44-46-48-51-54-57-60-63-66-69-75(78)81-72-73(71-80-74(77)68-65-62-59-56-53-50-27-24-21-18-15-12-9-6-3)82-76(79)70-67-64-61-58-55-52-49-47-45-43-40-35-33-31-29-26-23-20-17-14-11-8-5-2/h23,26,31,33,40,43,73H,4-22,24-25,27-30,32,34-39,41-42,44-72H2,1-3H3/b26-23-,33-31-,43-40-. The van der Waals surface area contributed by atoms with Gasteiger partial charge in [-0.1, -0.05) is 372 Å². The van der Waals surface area contributed by atoms with Crippen molar-refractivity contribution in [2.45, 2.75) is 419 Å². The summed E-state index contributed by atoms with van der Waals surface area (Å²) in [7, 11) is 0. The minimum atomic E-state index is -0.774. The first-order chi connectivity index (χ1) is 40.5. The van der Waals surface area contributed by atoms with Crippen molar-refractivity contribution in [2.24, 2.45) is 0 Å². The van der Waals surface area contributed by atoms with Crippen LogP contribution in [0, 0.1) is 0 Å². The first kappa shape index (κ1) is 79.6. The molecule has 0 radical (unpaired) electrons. The molecule has 0 aliphatic rings. The van der Waals surface area contributed by atoms with Gasteiger partial charge < -0.3 is 14.2 Å². The van der Waals surface area contributed by atoms with Gasteiger partial charge in [0.05, 0.1) is 0 Å². The number of carbonyl (C=O) groups excluding carboxylic acids is 3. The summed E-state index contributed by atoms with van der Waals surface area (Å²) in [4.78, 5) is 38.5. The van der Waals surface area contributed by atoms with E-state index in [1.165, 1.54) is 295 Å². The second-order valence-electron chi connectivity index (χ2n) is 25.2. The van der Waals surface area contributed by atoms with E-state index in [1.54, 1.807) is 0 Å². The molecular formula is C76H142O6. The average molecular weight is 1150 g/mol. The Morgan fingerprint density at radius 1 is 0.244 bits per heavy atom. The molecule has 1 unspecified atom stereocenters. The van der Waals surface area contributed by atoms with Crippen LogP contribution in [0.25, 0.3) is 0 Å². The Labute approximate surface area is 512 Å². The van der Waals surface area contributed by atoms with Crippen LogP contribution < -0.4 is 0 Å². The Morgan fingerprint density at radius 2 is 0.439 bits per heavy atom. The molecule has 0 aliphatic carbocycles. The van der Waals surface area contributed by atoms with Crippen molar-refractivity contribution in [3.63, 3.8) is 0 Å². The summed E-state index contributed by atoms with van der Waals surface area (Å²) in [6.07, 6.45) is 89.0. The number of allylic oxidation sites excluding steroid dienone is 6. The van der Waals surface area contributed by atoms with Crippen molar-refractivity contribution >= 4 is 17.9 Å². The normalized spacial score (nSPS) is 12.2. The zero-order valence-electron chi connectivity index (χ0n) is 55.5. The molecule has 0 bridgehead atoms. The highest BCUT2D eigenvalue weighted by Gasteiger charge is 2.20. The predicted octanol–water partition coefficient (Wildman–Crippen LogP) is 25.5. The van der Waals surface area contributed by atoms with Gasteiger partial charge in [-0.25, -0.2) is 0 Å². The summed E-state index contributed by atoms with van der Waals surface area (Å²) in [5.74, 6) is -0.844. The fourth-order valence-electron chi connectivity index (χ4n) is 11.3. The van der Waals surface area contributed by atoms with E-state index < -0.39 is 6.10 Å². The van der Waals surface area contributed by atoms with Crippen LogP contribution in [0.1, 0.15) is 412 Å². The lowest BCUT2D eigenvalue weighted by molar-refractivity contribution is -0.167. The van der Waals surface area contributed by atoms with Gasteiger partial charge in [-0.05, 0) is 57.8 Å². The van der Waals surface area contributed by atoms with Gasteiger partial charge in [0.15, 0.2) is 6.10 Å². The van der Waals surface area contributed by atoms with E-state index in [9.17, 15) is 14.4 Å². The van der Waals surface area contributed by atoms with Gasteiger partial charge in [-0.15, -0.1) is 0 Å². The molecule has 0 spiro atoms. The number of carbonyl (C=O) groups is 3. The van der Waals surface area contributed by atoms with E-state index in [-0.39, 0.29) is 31.1 Å². The summed E-state index contributed by atoms with van der Waals surface area (Å²) in [6.45, 7) is 6.71. The third-order valence-corrected chi connectivity index (χ3v) is 16.9. The van der Waals surface area contributed by atoms with E-state index >= 15 is 0 Å². The Balaban J connectivity index is 4.24. The molecule has 0 heterocycles. The first-order valence-electron chi connectivity index (χ1n) is 37.0. The summed E-state index contributed by atoms with van der Waals surface area (Å²) < 4.78 is 17.0. The highest BCUT2D eigenvalue weighted by Crippen LogP contribution is 2.19. The smallest absolute Gasteiger partial charge is 0.306 e. The van der Waals surface area contributed by atoms with Crippen molar-refractivity contribution < 1.29 is 28.6 Å². The first-order valence-corrected chi connectivity index (χ1v) is 37.0. The fraction of sp³-hybridized carbons (Fsp3) is 0.882. The van der Waals surface area contributed by atoms with Gasteiger partial charge in [0, 0.05) is 19.3 Å². The minimum absolute atomic E-state index is 0.0692.